The van der Waals surface area contributed by atoms with Crippen LogP contribution in [0.2, 0.25) is 0 Å². The van der Waals surface area contributed by atoms with Gasteiger partial charge in [0, 0.05) is 32.5 Å². The van der Waals surface area contributed by atoms with Crippen LogP contribution in [0.1, 0.15) is 18.2 Å². The lowest BCUT2D eigenvalue weighted by molar-refractivity contribution is 0.204. The highest BCUT2D eigenvalue weighted by molar-refractivity contribution is 5.77. The lowest BCUT2D eigenvalue weighted by Gasteiger charge is -2.04. The molecule has 1 aromatic rings. The van der Waals surface area contributed by atoms with Crippen LogP contribution in [-0.2, 0) is 24.8 Å². The first-order valence-corrected chi connectivity index (χ1v) is 5.71. The average Bonchev–Trinajstić information content (AvgIpc) is 2.67. The Kier molecular flexibility index (Phi) is 5.48. The molecule has 6 nitrogen and oxygen atoms in total. The van der Waals surface area contributed by atoms with E-state index in [1.807, 2.05) is 13.2 Å². The number of nitrogens with one attached hydrogen (secondary N) is 1. The second-order valence-electron chi connectivity index (χ2n) is 3.75. The number of nitrogens with two attached hydrogens (primary N) is 1. The molecule has 0 spiro atoms. The van der Waals surface area contributed by atoms with Crippen molar-refractivity contribution >= 4 is 5.96 Å². The lowest BCUT2D eigenvalue weighted by atomic mass is 10.2. The molecule has 0 atom stereocenters. The summed E-state index contributed by atoms with van der Waals surface area (Å²) in [4.78, 5) is 4.26. The van der Waals surface area contributed by atoms with Gasteiger partial charge in [0.05, 0.1) is 18.8 Å². The van der Waals surface area contributed by atoms with E-state index in [0.29, 0.717) is 25.7 Å². The van der Waals surface area contributed by atoms with Gasteiger partial charge in [-0.25, -0.2) is 4.99 Å². The highest BCUT2D eigenvalue weighted by atomic mass is 16.5. The largest absolute Gasteiger partial charge is 0.383 e. The van der Waals surface area contributed by atoms with Crippen molar-refractivity contribution in [3.8, 4) is 0 Å². The Morgan fingerprint density at radius 3 is 3.06 bits per heavy atom. The summed E-state index contributed by atoms with van der Waals surface area (Å²) in [5, 5.41) is 7.32. The maximum absolute atomic E-state index is 5.72. The summed E-state index contributed by atoms with van der Waals surface area (Å²) in [7, 11) is 3.56. The molecule has 0 aliphatic heterocycles. The molecule has 0 saturated heterocycles. The molecule has 1 heterocycles. The SMILES string of the molecule is CCc1nn(C)cc1CN=C(N)NCCOC. The van der Waals surface area contributed by atoms with E-state index in [-0.39, 0.29) is 0 Å². The quantitative estimate of drug-likeness (QED) is 0.417. The van der Waals surface area contributed by atoms with E-state index < -0.39 is 0 Å². The molecule has 17 heavy (non-hydrogen) atoms. The lowest BCUT2D eigenvalue weighted by Crippen LogP contribution is -2.34. The van der Waals surface area contributed by atoms with Gasteiger partial charge in [-0.15, -0.1) is 0 Å². The number of nitrogens with zero attached hydrogens (tertiary/aromatic N) is 3. The van der Waals surface area contributed by atoms with Gasteiger partial charge in [0.25, 0.3) is 0 Å². The van der Waals surface area contributed by atoms with Crippen LogP contribution >= 0.6 is 0 Å². The van der Waals surface area contributed by atoms with Crippen molar-refractivity contribution in [3.63, 3.8) is 0 Å². The van der Waals surface area contributed by atoms with Crippen molar-refractivity contribution in [1.29, 1.82) is 0 Å². The van der Waals surface area contributed by atoms with Crippen molar-refractivity contribution in [2.75, 3.05) is 20.3 Å². The van der Waals surface area contributed by atoms with Gasteiger partial charge in [0.2, 0.25) is 0 Å². The van der Waals surface area contributed by atoms with Gasteiger partial charge in [-0.3, -0.25) is 4.68 Å². The zero-order valence-corrected chi connectivity index (χ0v) is 10.7. The molecule has 1 aromatic heterocycles. The Labute approximate surface area is 102 Å². The molecule has 0 aromatic carbocycles. The Hall–Kier alpha value is -1.56. The van der Waals surface area contributed by atoms with E-state index in [1.54, 1.807) is 11.8 Å². The van der Waals surface area contributed by atoms with Crippen LogP contribution in [0.4, 0.5) is 0 Å². The van der Waals surface area contributed by atoms with Gasteiger partial charge in [-0.05, 0) is 6.42 Å². The Bertz CT molecular complexity index is 372. The van der Waals surface area contributed by atoms with Crippen molar-refractivity contribution < 1.29 is 4.74 Å². The minimum absolute atomic E-state index is 0.438. The number of aryl methyl sites for hydroxylation is 2. The molecule has 96 valence electrons. The third kappa shape index (κ3) is 4.44. The Balaban J connectivity index is 2.50. The summed E-state index contributed by atoms with van der Waals surface area (Å²) < 4.78 is 6.71. The summed E-state index contributed by atoms with van der Waals surface area (Å²) in [5.41, 5.74) is 7.90. The second-order valence-corrected chi connectivity index (χ2v) is 3.75. The van der Waals surface area contributed by atoms with Crippen LogP contribution in [0.15, 0.2) is 11.2 Å². The van der Waals surface area contributed by atoms with E-state index in [2.05, 4.69) is 22.3 Å². The van der Waals surface area contributed by atoms with E-state index in [4.69, 9.17) is 10.5 Å². The third-order valence-electron chi connectivity index (χ3n) is 2.36. The van der Waals surface area contributed by atoms with E-state index in [9.17, 15) is 0 Å². The Morgan fingerprint density at radius 2 is 2.41 bits per heavy atom. The summed E-state index contributed by atoms with van der Waals surface area (Å²) in [5.74, 6) is 0.438. The maximum Gasteiger partial charge on any atom is 0.189 e. The first-order chi connectivity index (χ1) is 8.17. The zero-order chi connectivity index (χ0) is 12.7. The van der Waals surface area contributed by atoms with Crippen LogP contribution in [0.3, 0.4) is 0 Å². The van der Waals surface area contributed by atoms with Crippen LogP contribution in [-0.4, -0.2) is 36.0 Å². The predicted octanol–water partition coefficient (Wildman–Crippen LogP) is 0.0332. The number of rotatable bonds is 6. The number of hydrogen-bond acceptors (Lipinski definition) is 3. The number of guanidine groups is 1. The van der Waals surface area contributed by atoms with Gasteiger partial charge in [-0.1, -0.05) is 6.92 Å². The van der Waals surface area contributed by atoms with Crippen molar-refractivity contribution in [2.45, 2.75) is 19.9 Å². The summed E-state index contributed by atoms with van der Waals surface area (Å²) >= 11 is 0. The number of aliphatic imine (C=N–C) groups is 1. The smallest absolute Gasteiger partial charge is 0.189 e. The van der Waals surface area contributed by atoms with Gasteiger partial charge < -0.3 is 15.8 Å². The van der Waals surface area contributed by atoms with Crippen LogP contribution < -0.4 is 11.1 Å². The minimum atomic E-state index is 0.438. The average molecular weight is 239 g/mol. The maximum atomic E-state index is 5.72. The monoisotopic (exact) mass is 239 g/mol. The molecular formula is C11H21N5O. The second kappa shape index (κ2) is 6.90. The molecule has 0 aliphatic carbocycles. The number of methoxy groups -OCH3 is 1. The fraction of sp³-hybridized carbons (Fsp3) is 0.636. The zero-order valence-electron chi connectivity index (χ0n) is 10.7. The number of aromatic nitrogens is 2. The van der Waals surface area contributed by atoms with Crippen molar-refractivity contribution in [3.05, 3.63) is 17.5 Å². The molecule has 0 aliphatic rings. The van der Waals surface area contributed by atoms with Gasteiger partial charge in [0.1, 0.15) is 0 Å². The van der Waals surface area contributed by atoms with Gasteiger partial charge in [-0.2, -0.15) is 5.10 Å². The van der Waals surface area contributed by atoms with E-state index >= 15 is 0 Å². The molecule has 3 N–H and O–H groups in total. The van der Waals surface area contributed by atoms with Crippen molar-refractivity contribution in [2.24, 2.45) is 17.8 Å². The summed E-state index contributed by atoms with van der Waals surface area (Å²) in [6.07, 6.45) is 2.88. The topological polar surface area (TPSA) is 77.5 Å². The third-order valence-corrected chi connectivity index (χ3v) is 2.36. The molecule has 0 amide bonds. The fourth-order valence-electron chi connectivity index (χ4n) is 1.52. The van der Waals surface area contributed by atoms with Crippen LogP contribution in [0.5, 0.6) is 0 Å². The van der Waals surface area contributed by atoms with Crippen LogP contribution in [0.25, 0.3) is 0 Å². The highest BCUT2D eigenvalue weighted by Gasteiger charge is 2.04. The fourth-order valence-corrected chi connectivity index (χ4v) is 1.52. The summed E-state index contributed by atoms with van der Waals surface area (Å²) in [6, 6.07) is 0. The first kappa shape index (κ1) is 13.5. The molecule has 0 saturated carbocycles. The highest BCUT2D eigenvalue weighted by Crippen LogP contribution is 2.08. The number of ether oxygens (including phenoxy) is 1. The van der Waals surface area contributed by atoms with E-state index in [0.717, 1.165) is 17.7 Å². The molecule has 0 bridgehead atoms. The molecule has 6 heteroatoms. The van der Waals surface area contributed by atoms with Gasteiger partial charge in [0.15, 0.2) is 5.96 Å². The van der Waals surface area contributed by atoms with Crippen LogP contribution in [0, 0.1) is 0 Å². The molecule has 1 rings (SSSR count). The Morgan fingerprint density at radius 1 is 1.65 bits per heavy atom. The normalized spacial score (nSPS) is 11.8. The van der Waals surface area contributed by atoms with E-state index in [1.165, 1.54) is 0 Å². The number of hydrogen-bond donors (Lipinski definition) is 2. The predicted molar refractivity (Wildman–Crippen MR) is 67.8 cm³/mol. The molecule has 0 fully saturated rings. The van der Waals surface area contributed by atoms with Gasteiger partial charge >= 0.3 is 0 Å². The first-order valence-electron chi connectivity index (χ1n) is 5.71. The molecule has 0 radical (unpaired) electrons. The standard InChI is InChI=1S/C11H21N5O/c1-4-10-9(8-16(2)15-10)7-14-11(12)13-5-6-17-3/h8H,4-7H2,1-3H3,(H3,12,13,14). The molecular weight excluding hydrogens is 218 g/mol. The molecule has 0 unspecified atom stereocenters. The summed E-state index contributed by atoms with van der Waals surface area (Å²) in [6.45, 7) is 3.92. The minimum Gasteiger partial charge on any atom is -0.383 e. The van der Waals surface area contributed by atoms with Crippen molar-refractivity contribution in [1.82, 2.24) is 15.1 Å².